The maximum absolute atomic E-state index is 12.0. The van der Waals surface area contributed by atoms with Crippen LogP contribution in [0.25, 0.3) is 0 Å². The van der Waals surface area contributed by atoms with E-state index >= 15 is 0 Å². The first kappa shape index (κ1) is 14.4. The van der Waals surface area contributed by atoms with Gasteiger partial charge < -0.3 is 10.4 Å². The molecule has 0 saturated carbocycles. The molecule has 0 aliphatic carbocycles. The molecule has 2 aromatic rings. The fraction of sp³-hybridized carbons (Fsp3) is 0.143. The lowest BCUT2D eigenvalue weighted by Crippen LogP contribution is -2.23. The zero-order valence-corrected chi connectivity index (χ0v) is 11.5. The summed E-state index contributed by atoms with van der Waals surface area (Å²) in [4.78, 5) is 34.1. The SMILES string of the molecule is Cc1cc(C(=O)O)ccc1NC(=O)c1ccc(=O)n(C)n1. The Morgan fingerprint density at radius 2 is 1.95 bits per heavy atom. The molecule has 108 valence electrons. The van der Waals surface area contributed by atoms with Crippen LogP contribution in [-0.2, 0) is 7.05 Å². The Bertz CT molecular complexity index is 780. The molecule has 0 unspecified atom stereocenters. The molecule has 0 spiro atoms. The van der Waals surface area contributed by atoms with Gasteiger partial charge in [0.15, 0.2) is 0 Å². The smallest absolute Gasteiger partial charge is 0.335 e. The molecule has 0 aliphatic rings. The van der Waals surface area contributed by atoms with Gasteiger partial charge in [-0.2, -0.15) is 5.10 Å². The van der Waals surface area contributed by atoms with Crippen LogP contribution in [0, 0.1) is 6.92 Å². The van der Waals surface area contributed by atoms with E-state index in [1.54, 1.807) is 6.92 Å². The van der Waals surface area contributed by atoms with E-state index in [1.807, 2.05) is 0 Å². The minimum absolute atomic E-state index is 0.0961. The number of carbonyl (C=O) groups is 2. The summed E-state index contributed by atoms with van der Waals surface area (Å²) >= 11 is 0. The number of hydrogen-bond donors (Lipinski definition) is 2. The molecule has 21 heavy (non-hydrogen) atoms. The molecule has 0 aliphatic heterocycles. The molecule has 0 fully saturated rings. The average molecular weight is 287 g/mol. The van der Waals surface area contributed by atoms with Crippen molar-refractivity contribution < 1.29 is 14.7 Å². The van der Waals surface area contributed by atoms with Crippen LogP contribution < -0.4 is 10.9 Å². The van der Waals surface area contributed by atoms with Crippen LogP contribution in [0.5, 0.6) is 0 Å². The van der Waals surface area contributed by atoms with Crippen molar-refractivity contribution in [1.82, 2.24) is 9.78 Å². The van der Waals surface area contributed by atoms with Gasteiger partial charge >= 0.3 is 5.97 Å². The van der Waals surface area contributed by atoms with Crippen molar-refractivity contribution in [2.24, 2.45) is 7.05 Å². The first-order chi connectivity index (χ1) is 9.88. The number of carboxylic acids is 1. The Morgan fingerprint density at radius 1 is 1.24 bits per heavy atom. The summed E-state index contributed by atoms with van der Waals surface area (Å²) in [5.41, 5.74) is 1.03. The maximum Gasteiger partial charge on any atom is 0.335 e. The third-order valence-electron chi connectivity index (χ3n) is 2.91. The van der Waals surface area contributed by atoms with E-state index in [9.17, 15) is 14.4 Å². The zero-order chi connectivity index (χ0) is 15.6. The average Bonchev–Trinajstić information content (AvgIpc) is 2.43. The van der Waals surface area contributed by atoms with Crippen molar-refractivity contribution in [3.8, 4) is 0 Å². The van der Waals surface area contributed by atoms with E-state index in [-0.39, 0.29) is 16.8 Å². The molecular weight excluding hydrogens is 274 g/mol. The third-order valence-corrected chi connectivity index (χ3v) is 2.91. The summed E-state index contributed by atoms with van der Waals surface area (Å²) in [6.45, 7) is 1.69. The highest BCUT2D eigenvalue weighted by molar-refractivity contribution is 6.03. The maximum atomic E-state index is 12.0. The Morgan fingerprint density at radius 3 is 2.52 bits per heavy atom. The second-order valence-electron chi connectivity index (χ2n) is 4.47. The van der Waals surface area contributed by atoms with Crippen molar-refractivity contribution in [3.63, 3.8) is 0 Å². The van der Waals surface area contributed by atoms with Gasteiger partial charge in [-0.25, -0.2) is 9.48 Å². The quantitative estimate of drug-likeness (QED) is 0.878. The number of nitrogens with one attached hydrogen (secondary N) is 1. The molecule has 2 rings (SSSR count). The van der Waals surface area contributed by atoms with Crippen molar-refractivity contribution in [3.05, 3.63) is 57.5 Å². The molecule has 1 heterocycles. The summed E-state index contributed by atoms with van der Waals surface area (Å²) in [5, 5.41) is 15.4. The highest BCUT2D eigenvalue weighted by Gasteiger charge is 2.11. The highest BCUT2D eigenvalue weighted by Crippen LogP contribution is 2.17. The van der Waals surface area contributed by atoms with E-state index < -0.39 is 11.9 Å². The number of aromatic carboxylic acids is 1. The highest BCUT2D eigenvalue weighted by atomic mass is 16.4. The monoisotopic (exact) mass is 287 g/mol. The zero-order valence-electron chi connectivity index (χ0n) is 11.5. The van der Waals surface area contributed by atoms with Crippen LogP contribution in [0.15, 0.2) is 35.1 Å². The van der Waals surface area contributed by atoms with Crippen LogP contribution in [-0.4, -0.2) is 26.8 Å². The standard InChI is InChI=1S/C14H13N3O4/c1-8-7-9(14(20)21)3-4-10(8)15-13(19)11-5-6-12(18)17(2)16-11/h3-7H,1-2H3,(H,15,19)(H,20,21). The van der Waals surface area contributed by atoms with Crippen molar-refractivity contribution >= 4 is 17.6 Å². The molecule has 2 N–H and O–H groups in total. The van der Waals surface area contributed by atoms with E-state index in [1.165, 1.54) is 37.4 Å². The number of rotatable bonds is 3. The van der Waals surface area contributed by atoms with E-state index in [0.717, 1.165) is 4.68 Å². The summed E-state index contributed by atoms with van der Waals surface area (Å²) in [6.07, 6.45) is 0. The minimum atomic E-state index is -1.03. The van der Waals surface area contributed by atoms with E-state index in [4.69, 9.17) is 5.11 Å². The van der Waals surface area contributed by atoms with Gasteiger partial charge in [-0.05, 0) is 36.8 Å². The normalized spacial score (nSPS) is 10.2. The lowest BCUT2D eigenvalue weighted by molar-refractivity contribution is 0.0696. The fourth-order valence-corrected chi connectivity index (χ4v) is 1.75. The molecule has 0 bridgehead atoms. The van der Waals surface area contributed by atoms with Gasteiger partial charge in [0.05, 0.1) is 5.56 Å². The predicted molar refractivity (Wildman–Crippen MR) is 75.6 cm³/mol. The molecule has 0 atom stereocenters. The first-order valence-corrected chi connectivity index (χ1v) is 6.08. The number of aryl methyl sites for hydroxylation is 2. The molecular formula is C14H13N3O4. The largest absolute Gasteiger partial charge is 0.478 e. The van der Waals surface area contributed by atoms with Crippen LogP contribution >= 0.6 is 0 Å². The molecule has 1 amide bonds. The first-order valence-electron chi connectivity index (χ1n) is 6.08. The Balaban J connectivity index is 2.25. The van der Waals surface area contributed by atoms with Gasteiger partial charge in [0.1, 0.15) is 5.69 Å². The van der Waals surface area contributed by atoms with Gasteiger partial charge in [0.25, 0.3) is 11.5 Å². The van der Waals surface area contributed by atoms with Crippen molar-refractivity contribution in [2.45, 2.75) is 6.92 Å². The van der Waals surface area contributed by atoms with Gasteiger partial charge in [-0.15, -0.1) is 0 Å². The number of carbonyl (C=O) groups excluding carboxylic acids is 1. The summed E-state index contributed by atoms with van der Waals surface area (Å²) in [6, 6.07) is 6.96. The summed E-state index contributed by atoms with van der Waals surface area (Å²) in [5.74, 6) is -1.51. The predicted octanol–water partition coefficient (Wildman–Crippen LogP) is 1.04. The second kappa shape index (κ2) is 5.58. The van der Waals surface area contributed by atoms with Gasteiger partial charge in [-0.3, -0.25) is 9.59 Å². The number of nitrogens with zero attached hydrogens (tertiary/aromatic N) is 2. The Kier molecular flexibility index (Phi) is 3.84. The summed E-state index contributed by atoms with van der Waals surface area (Å²) in [7, 11) is 1.45. The molecule has 7 nitrogen and oxygen atoms in total. The number of aromatic nitrogens is 2. The molecule has 0 radical (unpaired) electrons. The number of anilines is 1. The van der Waals surface area contributed by atoms with Crippen LogP contribution in [0.3, 0.4) is 0 Å². The molecule has 0 saturated heterocycles. The van der Waals surface area contributed by atoms with Crippen LogP contribution in [0.4, 0.5) is 5.69 Å². The Hall–Kier alpha value is -2.96. The fourth-order valence-electron chi connectivity index (χ4n) is 1.75. The minimum Gasteiger partial charge on any atom is -0.478 e. The third kappa shape index (κ3) is 3.14. The van der Waals surface area contributed by atoms with E-state index in [2.05, 4.69) is 10.4 Å². The lowest BCUT2D eigenvalue weighted by Gasteiger charge is -2.09. The number of amides is 1. The van der Waals surface area contributed by atoms with E-state index in [0.29, 0.717) is 11.3 Å². The lowest BCUT2D eigenvalue weighted by atomic mass is 10.1. The van der Waals surface area contributed by atoms with Gasteiger partial charge in [0, 0.05) is 18.8 Å². The van der Waals surface area contributed by atoms with Crippen molar-refractivity contribution in [1.29, 1.82) is 0 Å². The van der Waals surface area contributed by atoms with Crippen molar-refractivity contribution in [2.75, 3.05) is 5.32 Å². The molecule has 1 aromatic heterocycles. The molecule has 7 heteroatoms. The summed E-state index contributed by atoms with van der Waals surface area (Å²) < 4.78 is 1.06. The number of hydrogen-bond acceptors (Lipinski definition) is 4. The number of benzene rings is 1. The second-order valence-corrected chi connectivity index (χ2v) is 4.47. The van der Waals surface area contributed by atoms with Crippen LogP contribution in [0.1, 0.15) is 26.4 Å². The van der Waals surface area contributed by atoms with Gasteiger partial charge in [-0.1, -0.05) is 0 Å². The molecule has 1 aromatic carbocycles. The van der Waals surface area contributed by atoms with Crippen LogP contribution in [0.2, 0.25) is 0 Å². The number of carboxylic acid groups (broad SMARTS) is 1. The van der Waals surface area contributed by atoms with Gasteiger partial charge in [0.2, 0.25) is 0 Å². The topological polar surface area (TPSA) is 101 Å². The Labute approximate surface area is 119 Å².